The number of imidazole rings is 1. The van der Waals surface area contributed by atoms with E-state index < -0.39 is 0 Å². The highest BCUT2D eigenvalue weighted by Crippen LogP contribution is 2.31. The Balaban J connectivity index is 1.32. The molecule has 5 aromatic rings. The number of hydrogen-bond donors (Lipinski definition) is 2. The normalized spacial score (nSPS) is 15.9. The molecule has 1 unspecified atom stereocenters. The molecule has 7 heteroatoms. The van der Waals surface area contributed by atoms with Crippen molar-refractivity contribution in [3.8, 4) is 22.5 Å². The summed E-state index contributed by atoms with van der Waals surface area (Å²) in [4.78, 5) is 5.06. The van der Waals surface area contributed by atoms with Gasteiger partial charge in [-0.25, -0.2) is 10.1 Å². The number of nitrogens with zero attached hydrogens (tertiary/aromatic N) is 5. The highest BCUT2D eigenvalue weighted by Gasteiger charge is 2.18. The topological polar surface area (TPSA) is 84.3 Å². The maximum Gasteiger partial charge on any atom is 0.180 e. The largest absolute Gasteiger partial charge is 0.323 e. The SMILES string of the molecule is CCCCc1nc2ccc(C3CCCCN3)cc2n1Cc1ccc(-c2ccccc2-c2nnn[nH]2)cc1. The van der Waals surface area contributed by atoms with E-state index >= 15 is 0 Å². The molecule has 0 spiro atoms. The number of benzene rings is 3. The zero-order chi connectivity index (χ0) is 25.0. The molecular weight excluding hydrogens is 458 g/mol. The van der Waals surface area contributed by atoms with Crippen molar-refractivity contribution in [1.82, 2.24) is 35.5 Å². The first-order valence-corrected chi connectivity index (χ1v) is 13.4. The van der Waals surface area contributed by atoms with Gasteiger partial charge < -0.3 is 9.88 Å². The number of unbranched alkanes of at least 4 members (excludes halogenated alkanes) is 1. The van der Waals surface area contributed by atoms with Gasteiger partial charge in [0.1, 0.15) is 5.82 Å². The number of aryl methyl sites for hydroxylation is 1. The molecule has 3 heterocycles. The average molecular weight is 492 g/mol. The van der Waals surface area contributed by atoms with Crippen molar-refractivity contribution in [2.24, 2.45) is 0 Å². The Kier molecular flexibility index (Phi) is 6.78. The monoisotopic (exact) mass is 491 g/mol. The van der Waals surface area contributed by atoms with Crippen molar-refractivity contribution in [2.45, 2.75) is 58.0 Å². The molecular formula is C30H33N7. The van der Waals surface area contributed by atoms with E-state index in [1.165, 1.54) is 41.7 Å². The van der Waals surface area contributed by atoms with E-state index in [4.69, 9.17) is 4.98 Å². The molecule has 3 aromatic carbocycles. The second kappa shape index (κ2) is 10.6. The van der Waals surface area contributed by atoms with Gasteiger partial charge in [-0.05, 0) is 70.6 Å². The maximum atomic E-state index is 5.06. The minimum absolute atomic E-state index is 0.444. The molecule has 0 saturated carbocycles. The lowest BCUT2D eigenvalue weighted by atomic mass is 9.97. The van der Waals surface area contributed by atoms with Crippen molar-refractivity contribution in [1.29, 1.82) is 0 Å². The lowest BCUT2D eigenvalue weighted by molar-refractivity contribution is 0.412. The Morgan fingerprint density at radius 2 is 1.84 bits per heavy atom. The molecule has 1 aliphatic heterocycles. The smallest absolute Gasteiger partial charge is 0.180 e. The second-order valence-corrected chi connectivity index (χ2v) is 9.96. The van der Waals surface area contributed by atoms with Gasteiger partial charge in [-0.3, -0.25) is 0 Å². The summed E-state index contributed by atoms with van der Waals surface area (Å²) in [6.07, 6.45) is 7.07. The van der Waals surface area contributed by atoms with E-state index in [2.05, 4.69) is 86.0 Å². The summed E-state index contributed by atoms with van der Waals surface area (Å²) in [6.45, 7) is 4.16. The van der Waals surface area contributed by atoms with Gasteiger partial charge in [0.2, 0.25) is 0 Å². The molecule has 1 saturated heterocycles. The summed E-state index contributed by atoms with van der Waals surface area (Å²) < 4.78 is 2.43. The summed E-state index contributed by atoms with van der Waals surface area (Å²) in [5.74, 6) is 1.85. The van der Waals surface area contributed by atoms with Gasteiger partial charge in [-0.1, -0.05) is 74.4 Å². The van der Waals surface area contributed by atoms with Crippen molar-refractivity contribution in [3.63, 3.8) is 0 Å². The Morgan fingerprint density at radius 1 is 0.973 bits per heavy atom. The van der Waals surface area contributed by atoms with Gasteiger partial charge in [0.25, 0.3) is 0 Å². The lowest BCUT2D eigenvalue weighted by Crippen LogP contribution is -2.26. The van der Waals surface area contributed by atoms with Crippen LogP contribution >= 0.6 is 0 Å². The number of aromatic nitrogens is 6. The number of H-pyrrole nitrogens is 1. The Hall–Kier alpha value is -3.84. The van der Waals surface area contributed by atoms with Crippen molar-refractivity contribution >= 4 is 11.0 Å². The fourth-order valence-corrected chi connectivity index (χ4v) is 5.43. The quantitative estimate of drug-likeness (QED) is 0.274. The number of tetrazole rings is 1. The van der Waals surface area contributed by atoms with Crippen LogP contribution in [-0.4, -0.2) is 36.7 Å². The molecule has 0 amide bonds. The summed E-state index contributed by atoms with van der Waals surface area (Å²) in [7, 11) is 0. The van der Waals surface area contributed by atoms with Crippen molar-refractivity contribution in [2.75, 3.05) is 6.54 Å². The standard InChI is InChI=1S/C30H33N7/c1-2-3-11-29-32-27-17-16-23(26-10-6-7-18-31-26)19-28(27)37(29)20-21-12-14-22(15-13-21)24-8-4-5-9-25(24)30-33-35-36-34-30/h4-5,8-9,12-17,19,26,31H,2-3,6-7,10-11,18,20H2,1H3,(H,33,34,35,36). The van der Waals surface area contributed by atoms with Crippen molar-refractivity contribution < 1.29 is 0 Å². The number of nitrogens with one attached hydrogen (secondary N) is 2. The van der Waals surface area contributed by atoms with Crippen LogP contribution in [0, 0.1) is 0 Å². The van der Waals surface area contributed by atoms with Gasteiger partial charge in [0.15, 0.2) is 5.82 Å². The summed E-state index contributed by atoms with van der Waals surface area (Å²) in [5.41, 5.74) is 8.22. The number of fused-ring (bicyclic) bond motifs is 1. The molecule has 6 rings (SSSR count). The minimum Gasteiger partial charge on any atom is -0.323 e. The molecule has 7 nitrogen and oxygen atoms in total. The average Bonchev–Trinajstić information content (AvgIpc) is 3.61. The Labute approximate surface area is 217 Å². The predicted octanol–water partition coefficient (Wildman–Crippen LogP) is 6.09. The third-order valence-corrected chi connectivity index (χ3v) is 7.45. The van der Waals surface area contributed by atoms with E-state index in [1.807, 2.05) is 18.2 Å². The maximum absolute atomic E-state index is 5.06. The molecule has 2 aromatic heterocycles. The van der Waals surface area contributed by atoms with E-state index in [0.717, 1.165) is 54.6 Å². The number of rotatable bonds is 8. The number of aromatic amines is 1. The molecule has 1 atom stereocenters. The number of hydrogen-bond acceptors (Lipinski definition) is 5. The van der Waals surface area contributed by atoms with E-state index in [0.29, 0.717) is 11.9 Å². The fourth-order valence-electron chi connectivity index (χ4n) is 5.43. The highest BCUT2D eigenvalue weighted by atomic mass is 15.5. The van der Waals surface area contributed by atoms with Gasteiger partial charge >= 0.3 is 0 Å². The first-order chi connectivity index (χ1) is 18.3. The van der Waals surface area contributed by atoms with Crippen LogP contribution in [0.3, 0.4) is 0 Å². The number of piperidine rings is 1. The van der Waals surface area contributed by atoms with Gasteiger partial charge in [0.05, 0.1) is 11.0 Å². The van der Waals surface area contributed by atoms with Gasteiger partial charge in [-0.15, -0.1) is 5.10 Å². The Morgan fingerprint density at radius 3 is 2.59 bits per heavy atom. The lowest BCUT2D eigenvalue weighted by Gasteiger charge is -2.24. The zero-order valence-electron chi connectivity index (χ0n) is 21.3. The van der Waals surface area contributed by atoms with Crippen LogP contribution in [-0.2, 0) is 13.0 Å². The minimum atomic E-state index is 0.444. The molecule has 0 bridgehead atoms. The summed E-state index contributed by atoms with van der Waals surface area (Å²) >= 11 is 0. The molecule has 1 aliphatic rings. The molecule has 2 N–H and O–H groups in total. The molecule has 1 fully saturated rings. The van der Waals surface area contributed by atoms with Crippen LogP contribution in [0.1, 0.15) is 62.0 Å². The van der Waals surface area contributed by atoms with E-state index in [-0.39, 0.29) is 0 Å². The fraction of sp³-hybridized carbons (Fsp3) is 0.333. The van der Waals surface area contributed by atoms with Crippen LogP contribution in [0.15, 0.2) is 66.7 Å². The first-order valence-electron chi connectivity index (χ1n) is 13.4. The third-order valence-electron chi connectivity index (χ3n) is 7.45. The molecule has 0 aliphatic carbocycles. The zero-order valence-corrected chi connectivity index (χ0v) is 21.3. The summed E-state index contributed by atoms with van der Waals surface area (Å²) in [6, 6.07) is 24.4. The molecule has 37 heavy (non-hydrogen) atoms. The van der Waals surface area contributed by atoms with Crippen LogP contribution in [0.25, 0.3) is 33.5 Å². The van der Waals surface area contributed by atoms with Crippen LogP contribution in [0.4, 0.5) is 0 Å². The van der Waals surface area contributed by atoms with Gasteiger partial charge in [0, 0.05) is 24.6 Å². The van der Waals surface area contributed by atoms with Crippen LogP contribution in [0.5, 0.6) is 0 Å². The van der Waals surface area contributed by atoms with Crippen LogP contribution < -0.4 is 5.32 Å². The first kappa shape index (κ1) is 23.6. The highest BCUT2D eigenvalue weighted by molar-refractivity contribution is 5.80. The van der Waals surface area contributed by atoms with Crippen molar-refractivity contribution in [3.05, 3.63) is 83.7 Å². The molecule has 188 valence electrons. The third kappa shape index (κ3) is 4.91. The second-order valence-electron chi connectivity index (χ2n) is 9.96. The Bertz CT molecular complexity index is 1460. The predicted molar refractivity (Wildman–Crippen MR) is 147 cm³/mol. The van der Waals surface area contributed by atoms with E-state index in [9.17, 15) is 0 Å². The van der Waals surface area contributed by atoms with Crippen LogP contribution in [0.2, 0.25) is 0 Å². The summed E-state index contributed by atoms with van der Waals surface area (Å²) in [5, 5.41) is 18.2. The molecule has 0 radical (unpaired) electrons. The van der Waals surface area contributed by atoms with E-state index in [1.54, 1.807) is 0 Å². The van der Waals surface area contributed by atoms with Gasteiger partial charge in [-0.2, -0.15) is 0 Å².